The van der Waals surface area contributed by atoms with Gasteiger partial charge >= 0.3 is 0 Å². The van der Waals surface area contributed by atoms with Gasteiger partial charge in [-0.05, 0) is 63.3 Å². The van der Waals surface area contributed by atoms with E-state index in [0.29, 0.717) is 6.61 Å². The molecule has 1 fully saturated rings. The molecule has 6 heteroatoms. The molecule has 1 aromatic heterocycles. The number of ether oxygens (including phenoxy) is 2. The van der Waals surface area contributed by atoms with Crippen LogP contribution in [0.4, 0.5) is 5.82 Å². The minimum atomic E-state index is 0.661. The Kier molecular flexibility index (Phi) is 10.8. The van der Waals surface area contributed by atoms with Gasteiger partial charge in [0.25, 0.3) is 0 Å². The minimum Gasteiger partial charge on any atom is -0.493 e. The number of aromatic nitrogens is 2. The monoisotopic (exact) mass is 492 g/mol. The number of benzene rings is 2. The lowest BCUT2D eigenvalue weighted by molar-refractivity contribution is 0.261. The van der Waals surface area contributed by atoms with Crippen molar-refractivity contribution in [1.29, 1.82) is 0 Å². The Morgan fingerprint density at radius 3 is 2.33 bits per heavy atom. The number of nitrogens with zero attached hydrogens (tertiary/aromatic N) is 3. The number of fused-ring (bicyclic) bond motifs is 1. The van der Waals surface area contributed by atoms with E-state index in [1.807, 2.05) is 69.2 Å². The van der Waals surface area contributed by atoms with Gasteiger partial charge in [-0.3, -0.25) is 0 Å². The van der Waals surface area contributed by atoms with Crippen LogP contribution in [0.5, 0.6) is 11.5 Å². The summed E-state index contributed by atoms with van der Waals surface area (Å²) in [6.07, 6.45) is 6.92. The molecular formula is C30H44N4O2. The van der Waals surface area contributed by atoms with Gasteiger partial charge in [0.1, 0.15) is 11.6 Å². The summed E-state index contributed by atoms with van der Waals surface area (Å²) in [6.45, 7) is 8.87. The fourth-order valence-corrected chi connectivity index (χ4v) is 4.94. The Balaban J connectivity index is 0.000000221. The lowest BCUT2D eigenvalue weighted by Crippen LogP contribution is -2.26. The Morgan fingerprint density at radius 2 is 1.67 bits per heavy atom. The first-order valence-corrected chi connectivity index (χ1v) is 13.4. The topological polar surface area (TPSA) is 59.5 Å². The first-order chi connectivity index (χ1) is 17.5. The second kappa shape index (κ2) is 14.0. The van der Waals surface area contributed by atoms with E-state index in [-0.39, 0.29) is 0 Å². The molecular weight excluding hydrogens is 448 g/mol. The summed E-state index contributed by atoms with van der Waals surface area (Å²) in [5.41, 5.74) is 2.19. The molecule has 0 unspecified atom stereocenters. The van der Waals surface area contributed by atoms with Gasteiger partial charge in [-0.2, -0.15) is 0 Å². The summed E-state index contributed by atoms with van der Waals surface area (Å²) in [5.74, 6) is 5.31. The molecule has 2 aromatic carbocycles. The number of nitrogens with one attached hydrogen (secondary N) is 1. The lowest BCUT2D eigenvalue weighted by atomic mass is 9.81. The number of para-hydroxylation sites is 2. The Hall–Kier alpha value is -2.86. The average Bonchev–Trinajstić information content (AvgIpc) is 2.89. The van der Waals surface area contributed by atoms with Crippen LogP contribution < -0.4 is 19.7 Å². The van der Waals surface area contributed by atoms with Crippen LogP contribution in [-0.2, 0) is 6.54 Å². The quantitative estimate of drug-likeness (QED) is 0.373. The van der Waals surface area contributed by atoms with Gasteiger partial charge in [0.2, 0.25) is 0 Å². The predicted molar refractivity (Wildman–Crippen MR) is 150 cm³/mol. The van der Waals surface area contributed by atoms with E-state index in [1.54, 1.807) is 7.11 Å². The van der Waals surface area contributed by atoms with Crippen molar-refractivity contribution >= 4 is 16.7 Å². The van der Waals surface area contributed by atoms with Gasteiger partial charge in [0, 0.05) is 31.6 Å². The van der Waals surface area contributed by atoms with E-state index in [0.717, 1.165) is 59.0 Å². The van der Waals surface area contributed by atoms with Crippen molar-refractivity contribution < 1.29 is 9.47 Å². The summed E-state index contributed by atoms with van der Waals surface area (Å²) >= 11 is 0. The third-order valence-corrected chi connectivity index (χ3v) is 6.98. The van der Waals surface area contributed by atoms with Crippen LogP contribution in [0.1, 0.15) is 57.3 Å². The van der Waals surface area contributed by atoms with Crippen molar-refractivity contribution in [2.75, 3.05) is 39.3 Å². The number of methoxy groups -OCH3 is 1. The molecule has 1 saturated carbocycles. The fraction of sp³-hybridized carbons (Fsp3) is 0.533. The van der Waals surface area contributed by atoms with E-state index in [9.17, 15) is 0 Å². The molecule has 0 saturated heterocycles. The van der Waals surface area contributed by atoms with Crippen LogP contribution in [-0.4, -0.2) is 44.3 Å². The zero-order chi connectivity index (χ0) is 25.9. The molecule has 0 aliphatic heterocycles. The molecule has 4 rings (SSSR count). The molecule has 0 spiro atoms. The maximum atomic E-state index is 5.77. The van der Waals surface area contributed by atoms with Crippen LogP contribution in [0.2, 0.25) is 0 Å². The van der Waals surface area contributed by atoms with Crippen LogP contribution in [0.3, 0.4) is 0 Å². The number of aryl methyl sites for hydroxylation is 1. The van der Waals surface area contributed by atoms with Crippen molar-refractivity contribution in [3.63, 3.8) is 0 Å². The molecule has 36 heavy (non-hydrogen) atoms. The maximum absolute atomic E-state index is 5.77. The molecule has 0 bridgehead atoms. The SMILES string of the molecule is CCOc1c(CNCC2CCC(CC)CC2)cccc1OC.Cc1nc(N(C)C)c2ccccc2n1. The summed E-state index contributed by atoms with van der Waals surface area (Å²) in [5, 5.41) is 4.72. The Labute approximate surface area is 217 Å². The summed E-state index contributed by atoms with van der Waals surface area (Å²) < 4.78 is 11.2. The molecule has 1 aliphatic rings. The Bertz CT molecular complexity index is 1080. The highest BCUT2D eigenvalue weighted by Gasteiger charge is 2.19. The van der Waals surface area contributed by atoms with Crippen LogP contribution in [0.15, 0.2) is 42.5 Å². The predicted octanol–water partition coefficient (Wildman–Crippen LogP) is 6.40. The van der Waals surface area contributed by atoms with Crippen LogP contribution >= 0.6 is 0 Å². The van der Waals surface area contributed by atoms with E-state index < -0.39 is 0 Å². The van der Waals surface area contributed by atoms with Crippen molar-refractivity contribution in [2.24, 2.45) is 11.8 Å². The van der Waals surface area contributed by atoms with Gasteiger partial charge in [0.15, 0.2) is 11.5 Å². The Morgan fingerprint density at radius 1 is 0.944 bits per heavy atom. The molecule has 6 nitrogen and oxygen atoms in total. The first kappa shape index (κ1) is 27.7. The van der Waals surface area contributed by atoms with Gasteiger partial charge < -0.3 is 19.7 Å². The minimum absolute atomic E-state index is 0.661. The molecule has 196 valence electrons. The molecule has 0 atom stereocenters. The maximum Gasteiger partial charge on any atom is 0.165 e. The molecule has 1 N–H and O–H groups in total. The largest absolute Gasteiger partial charge is 0.493 e. The van der Waals surface area contributed by atoms with Crippen molar-refractivity contribution in [1.82, 2.24) is 15.3 Å². The zero-order valence-electron chi connectivity index (χ0n) is 23.0. The number of hydrogen-bond acceptors (Lipinski definition) is 6. The highest BCUT2D eigenvalue weighted by Crippen LogP contribution is 2.32. The highest BCUT2D eigenvalue weighted by atomic mass is 16.5. The summed E-state index contributed by atoms with van der Waals surface area (Å²) in [7, 11) is 5.68. The van der Waals surface area contributed by atoms with Crippen molar-refractivity contribution in [2.45, 2.75) is 59.4 Å². The molecule has 3 aromatic rings. The van der Waals surface area contributed by atoms with Crippen molar-refractivity contribution in [3.05, 3.63) is 53.9 Å². The average molecular weight is 493 g/mol. The van der Waals surface area contributed by atoms with Crippen LogP contribution in [0.25, 0.3) is 10.9 Å². The smallest absolute Gasteiger partial charge is 0.165 e. The normalized spacial score (nSPS) is 17.3. The number of rotatable bonds is 9. The fourth-order valence-electron chi connectivity index (χ4n) is 4.94. The van der Waals surface area contributed by atoms with Crippen LogP contribution in [0, 0.1) is 18.8 Å². The van der Waals surface area contributed by atoms with Gasteiger partial charge in [0.05, 0.1) is 19.2 Å². The second-order valence-corrected chi connectivity index (χ2v) is 9.81. The lowest BCUT2D eigenvalue weighted by Gasteiger charge is -2.28. The van der Waals surface area contributed by atoms with Gasteiger partial charge in [-0.25, -0.2) is 9.97 Å². The standard InChI is InChI=1S/C19H31NO2.C11H13N3/c1-4-15-9-11-16(12-10-15)13-20-14-17-7-6-8-18(21-3)19(17)22-5-2;1-8-12-10-7-5-4-6-9(10)11(13-8)14(2)3/h6-8,15-16,20H,4-5,9-14H2,1-3H3;4-7H,1-3H3. The van der Waals surface area contributed by atoms with E-state index in [2.05, 4.69) is 28.3 Å². The molecule has 1 aliphatic carbocycles. The number of anilines is 1. The first-order valence-electron chi connectivity index (χ1n) is 13.4. The molecule has 1 heterocycles. The third-order valence-electron chi connectivity index (χ3n) is 6.98. The number of hydrogen-bond donors (Lipinski definition) is 1. The van der Waals surface area contributed by atoms with Crippen molar-refractivity contribution in [3.8, 4) is 11.5 Å². The third kappa shape index (κ3) is 7.57. The zero-order valence-corrected chi connectivity index (χ0v) is 23.0. The highest BCUT2D eigenvalue weighted by molar-refractivity contribution is 5.89. The van der Waals surface area contributed by atoms with E-state index in [1.165, 1.54) is 37.7 Å². The van der Waals surface area contributed by atoms with Gasteiger partial charge in [-0.15, -0.1) is 0 Å². The summed E-state index contributed by atoms with van der Waals surface area (Å²) in [6, 6.07) is 14.2. The molecule has 0 amide bonds. The summed E-state index contributed by atoms with van der Waals surface area (Å²) in [4.78, 5) is 10.8. The second-order valence-electron chi connectivity index (χ2n) is 9.81. The van der Waals surface area contributed by atoms with E-state index in [4.69, 9.17) is 9.47 Å². The molecule has 0 radical (unpaired) electrons. The van der Waals surface area contributed by atoms with Gasteiger partial charge in [-0.1, -0.05) is 50.5 Å². The van der Waals surface area contributed by atoms with E-state index >= 15 is 0 Å².